The Morgan fingerprint density at radius 2 is 1.73 bits per heavy atom. The van der Waals surface area contributed by atoms with Crippen LogP contribution in [0.15, 0.2) is 60.9 Å². The maximum Gasteiger partial charge on any atom is 0.258 e. The quantitative estimate of drug-likeness (QED) is 0.0715. The summed E-state index contributed by atoms with van der Waals surface area (Å²) in [6.07, 6.45) is 1.63. The second-order valence-corrected chi connectivity index (χ2v) is 15.1. The number of nitrogens with zero attached hydrogens (tertiary/aromatic N) is 2. The number of hydrogen-bond donors (Lipinski definition) is 6. The standard InChI is InChI=1S/C42H58ClN3O9/c1-5-42(53-6-2,54-7-3)46(40(52)39(51)38(50)37(49)35(48)26-47)22-10-11-27(4)28-14-17-34(43)29(23-28)24-45-41(19-20-41)33-25-44-21-18-31(33)32-12-8-9-13-36(32)55-30-15-16-30/h8-9,12-14,17-18,21,23,25,27,30,35,37-39,45,47-51H,5-7,10-11,15-16,19-20,22,24,26H2,1-4H3/t27?,35-,37+,38-,39-/m0/s1. The van der Waals surface area contributed by atoms with Crippen molar-refractivity contribution in [2.24, 2.45) is 0 Å². The van der Waals surface area contributed by atoms with Gasteiger partial charge in [0.25, 0.3) is 11.8 Å². The first-order valence-electron chi connectivity index (χ1n) is 19.6. The average molecular weight is 784 g/mol. The number of carbonyl (C=O) groups is 1. The number of para-hydroxylation sites is 1. The number of hydrogen-bond acceptors (Lipinski definition) is 11. The molecule has 0 aliphatic heterocycles. The lowest BCUT2D eigenvalue weighted by molar-refractivity contribution is -0.311. The van der Waals surface area contributed by atoms with Gasteiger partial charge in [0.1, 0.15) is 24.1 Å². The Hall–Kier alpha value is -3.17. The molecule has 2 aliphatic carbocycles. The van der Waals surface area contributed by atoms with Gasteiger partial charge >= 0.3 is 0 Å². The van der Waals surface area contributed by atoms with Crippen LogP contribution < -0.4 is 10.1 Å². The normalized spacial score (nSPS) is 17.9. The Morgan fingerprint density at radius 3 is 2.36 bits per heavy atom. The van der Waals surface area contributed by atoms with Crippen LogP contribution in [0.5, 0.6) is 5.75 Å². The predicted octanol–water partition coefficient (Wildman–Crippen LogP) is 5.01. The zero-order valence-electron chi connectivity index (χ0n) is 32.4. The highest BCUT2D eigenvalue weighted by Gasteiger charge is 2.47. The van der Waals surface area contributed by atoms with E-state index in [1.807, 2.05) is 42.7 Å². The molecular weight excluding hydrogens is 726 g/mol. The minimum atomic E-state index is -2.12. The molecule has 2 saturated carbocycles. The van der Waals surface area contributed by atoms with E-state index in [0.717, 1.165) is 59.3 Å². The van der Waals surface area contributed by atoms with Crippen LogP contribution in [-0.4, -0.2) is 104 Å². The van der Waals surface area contributed by atoms with Gasteiger partial charge in [-0.05, 0) is 98.7 Å². The molecule has 2 fully saturated rings. The molecule has 1 aromatic heterocycles. The number of carbonyl (C=O) groups excluding carboxylic acids is 1. The first-order chi connectivity index (χ1) is 26.4. The fraction of sp³-hybridized carbons (Fsp3) is 0.571. The lowest BCUT2D eigenvalue weighted by atomic mass is 9.93. The molecule has 0 bridgehead atoms. The van der Waals surface area contributed by atoms with Crippen LogP contribution in [0.4, 0.5) is 0 Å². The highest BCUT2D eigenvalue weighted by molar-refractivity contribution is 6.31. The summed E-state index contributed by atoms with van der Waals surface area (Å²) in [5, 5.41) is 55.2. The molecule has 1 unspecified atom stereocenters. The van der Waals surface area contributed by atoms with Gasteiger partial charge in [0.2, 0.25) is 0 Å². The van der Waals surface area contributed by atoms with Crippen molar-refractivity contribution >= 4 is 17.5 Å². The van der Waals surface area contributed by atoms with E-state index in [2.05, 4.69) is 35.4 Å². The number of benzene rings is 2. The van der Waals surface area contributed by atoms with Crippen molar-refractivity contribution < 1.29 is 44.5 Å². The number of pyridine rings is 1. The van der Waals surface area contributed by atoms with E-state index in [4.69, 9.17) is 25.8 Å². The maximum absolute atomic E-state index is 13.8. The van der Waals surface area contributed by atoms with Crippen LogP contribution in [0.3, 0.4) is 0 Å². The molecule has 5 atom stereocenters. The molecule has 12 nitrogen and oxygen atoms in total. The fourth-order valence-electron chi connectivity index (χ4n) is 7.18. The SMILES string of the molecule is CCOC(CC)(OCC)N(CCCC(C)c1ccc(Cl)c(CNC2(c3cnccc3-c3ccccc3OC3CC3)CC2)c1)C(=O)[C@@H](O)[C@@H](O)[C@H](O)[C@@H](O)CO. The summed E-state index contributed by atoms with van der Waals surface area (Å²) in [4.78, 5) is 19.5. The molecule has 0 saturated heterocycles. The van der Waals surface area contributed by atoms with Gasteiger partial charge in [-0.1, -0.05) is 55.8 Å². The molecule has 302 valence electrons. The summed E-state index contributed by atoms with van der Waals surface area (Å²) in [6.45, 7) is 7.60. The number of aliphatic hydroxyl groups excluding tert-OH is 5. The van der Waals surface area contributed by atoms with Gasteiger partial charge in [0, 0.05) is 61.2 Å². The summed E-state index contributed by atoms with van der Waals surface area (Å²) in [7, 11) is 0. The van der Waals surface area contributed by atoms with Crippen molar-refractivity contribution in [3.05, 3.63) is 82.6 Å². The molecule has 0 radical (unpaired) electrons. The minimum Gasteiger partial charge on any atom is -0.490 e. The fourth-order valence-corrected chi connectivity index (χ4v) is 7.36. The van der Waals surface area contributed by atoms with Crippen LogP contribution in [0.25, 0.3) is 11.1 Å². The molecule has 1 heterocycles. The summed E-state index contributed by atoms with van der Waals surface area (Å²) in [6, 6.07) is 16.3. The molecular formula is C42H58ClN3O9. The number of rotatable bonds is 23. The van der Waals surface area contributed by atoms with Crippen molar-refractivity contribution in [1.29, 1.82) is 0 Å². The third kappa shape index (κ3) is 10.2. The molecule has 0 spiro atoms. The number of ether oxygens (including phenoxy) is 3. The topological polar surface area (TPSA) is 174 Å². The molecule has 2 aliphatic rings. The van der Waals surface area contributed by atoms with E-state index < -0.39 is 42.8 Å². The van der Waals surface area contributed by atoms with Crippen LogP contribution in [-0.2, 0) is 26.4 Å². The van der Waals surface area contributed by atoms with E-state index in [-0.39, 0.29) is 43.7 Å². The van der Waals surface area contributed by atoms with Crippen molar-refractivity contribution in [1.82, 2.24) is 15.2 Å². The van der Waals surface area contributed by atoms with Crippen molar-refractivity contribution in [3.63, 3.8) is 0 Å². The van der Waals surface area contributed by atoms with Gasteiger partial charge in [-0.2, -0.15) is 0 Å². The Bertz CT molecular complexity index is 1700. The van der Waals surface area contributed by atoms with Crippen LogP contribution >= 0.6 is 11.6 Å². The lowest BCUT2D eigenvalue weighted by Crippen LogP contribution is -2.61. The van der Waals surface area contributed by atoms with E-state index in [0.29, 0.717) is 24.4 Å². The van der Waals surface area contributed by atoms with Gasteiger partial charge < -0.3 is 45.1 Å². The average Bonchev–Trinajstić information content (AvgIpc) is 4.15. The zero-order valence-corrected chi connectivity index (χ0v) is 33.1. The zero-order chi connectivity index (χ0) is 39.8. The minimum absolute atomic E-state index is 0.0583. The molecule has 13 heteroatoms. The number of amides is 1. The highest BCUT2D eigenvalue weighted by Crippen LogP contribution is 2.50. The van der Waals surface area contributed by atoms with Gasteiger partial charge in [-0.15, -0.1) is 0 Å². The monoisotopic (exact) mass is 783 g/mol. The number of aromatic nitrogens is 1. The molecule has 2 aromatic carbocycles. The van der Waals surface area contributed by atoms with Gasteiger partial charge in [-0.3, -0.25) is 14.7 Å². The molecule has 5 rings (SSSR count). The van der Waals surface area contributed by atoms with Gasteiger partial charge in [0.05, 0.1) is 12.7 Å². The van der Waals surface area contributed by atoms with E-state index in [1.165, 1.54) is 4.90 Å². The van der Waals surface area contributed by atoms with Crippen molar-refractivity contribution in [2.45, 2.75) is 127 Å². The number of nitrogens with one attached hydrogen (secondary N) is 1. The Labute approximate surface area is 329 Å². The Kier molecular flexibility index (Phi) is 15.1. The third-order valence-corrected chi connectivity index (χ3v) is 11.1. The smallest absolute Gasteiger partial charge is 0.258 e. The summed E-state index contributed by atoms with van der Waals surface area (Å²) in [5.74, 6) is -1.52. The second kappa shape index (κ2) is 19.3. The molecule has 55 heavy (non-hydrogen) atoms. The first kappa shape index (κ1) is 43.0. The molecule has 6 N–H and O–H groups in total. The van der Waals surface area contributed by atoms with E-state index in [9.17, 15) is 30.3 Å². The molecule has 1 amide bonds. The summed E-state index contributed by atoms with van der Waals surface area (Å²) >= 11 is 6.78. The van der Waals surface area contributed by atoms with Gasteiger partial charge in [-0.25, -0.2) is 0 Å². The van der Waals surface area contributed by atoms with Gasteiger partial charge in [0.15, 0.2) is 6.10 Å². The second-order valence-electron chi connectivity index (χ2n) is 14.7. The number of aliphatic hydroxyl groups is 5. The molecule has 3 aromatic rings. The van der Waals surface area contributed by atoms with E-state index in [1.54, 1.807) is 20.8 Å². The predicted molar refractivity (Wildman–Crippen MR) is 209 cm³/mol. The van der Waals surface area contributed by atoms with E-state index >= 15 is 0 Å². The van der Waals surface area contributed by atoms with Crippen LogP contribution in [0, 0.1) is 0 Å². The lowest BCUT2D eigenvalue weighted by Gasteiger charge is -2.43. The third-order valence-electron chi connectivity index (χ3n) is 10.7. The maximum atomic E-state index is 13.8. The highest BCUT2D eigenvalue weighted by atomic mass is 35.5. The van der Waals surface area contributed by atoms with Crippen molar-refractivity contribution in [3.8, 4) is 16.9 Å². The van der Waals surface area contributed by atoms with Crippen LogP contribution in [0.1, 0.15) is 95.2 Å². The number of halogens is 1. The first-order valence-corrected chi connectivity index (χ1v) is 20.0. The Balaban J connectivity index is 1.28. The van der Waals surface area contributed by atoms with Crippen LogP contribution in [0.2, 0.25) is 5.02 Å². The van der Waals surface area contributed by atoms with Crippen molar-refractivity contribution in [2.75, 3.05) is 26.4 Å². The Morgan fingerprint density at radius 1 is 1.02 bits per heavy atom. The largest absolute Gasteiger partial charge is 0.490 e. The summed E-state index contributed by atoms with van der Waals surface area (Å²) in [5.41, 5.74) is 5.12. The summed E-state index contributed by atoms with van der Waals surface area (Å²) < 4.78 is 18.3.